The molecule has 0 spiro atoms. The Morgan fingerprint density at radius 2 is 2.00 bits per heavy atom. The molecule has 1 N–H and O–H groups in total. The molecule has 100 valence electrons. The molecule has 0 aromatic heterocycles. The Kier molecular flexibility index (Phi) is 4.16. The summed E-state index contributed by atoms with van der Waals surface area (Å²) >= 11 is 0. The molecule has 1 saturated heterocycles. The van der Waals surface area contributed by atoms with Gasteiger partial charge in [-0.05, 0) is 25.2 Å². The highest BCUT2D eigenvalue weighted by atomic mass is 28.3. The second kappa shape index (κ2) is 5.48. The van der Waals surface area contributed by atoms with Crippen LogP contribution < -0.4 is 5.32 Å². The van der Waals surface area contributed by atoms with E-state index < -0.39 is 8.07 Å². The molecule has 0 aromatic rings. The third kappa shape index (κ3) is 3.38. The first-order valence-electron chi connectivity index (χ1n) is 7.28. The maximum absolute atomic E-state index is 11.9. The summed E-state index contributed by atoms with van der Waals surface area (Å²) in [5.41, 5.74) is 3.41. The number of amides is 1. The minimum Gasteiger partial charge on any atom is -0.353 e. The molecule has 2 fully saturated rings. The van der Waals surface area contributed by atoms with Crippen LogP contribution in [0.4, 0.5) is 0 Å². The molecule has 1 aliphatic heterocycles. The van der Waals surface area contributed by atoms with Crippen LogP contribution in [0.1, 0.15) is 38.5 Å². The van der Waals surface area contributed by atoms with Crippen LogP contribution in [0.3, 0.4) is 0 Å². The van der Waals surface area contributed by atoms with E-state index in [1.165, 1.54) is 19.3 Å². The Bertz CT molecular complexity index is 374. The fourth-order valence-electron chi connectivity index (χ4n) is 3.21. The molecular weight excluding hydrogens is 238 g/mol. The van der Waals surface area contributed by atoms with Crippen LogP contribution in [0.15, 0.2) is 0 Å². The summed E-state index contributed by atoms with van der Waals surface area (Å²) in [7, 11) is -1.23. The molecule has 2 aliphatic rings. The molecule has 1 aliphatic carbocycles. The van der Waals surface area contributed by atoms with Crippen molar-refractivity contribution < 1.29 is 4.79 Å². The van der Waals surface area contributed by atoms with E-state index in [9.17, 15) is 4.79 Å². The third-order valence-corrected chi connectivity index (χ3v) is 4.97. The minimum atomic E-state index is -1.23. The van der Waals surface area contributed by atoms with Gasteiger partial charge < -0.3 is 5.32 Å². The summed E-state index contributed by atoms with van der Waals surface area (Å²) in [6.07, 6.45) is 6.86. The van der Waals surface area contributed by atoms with Gasteiger partial charge in [-0.1, -0.05) is 32.5 Å². The molecule has 0 bridgehead atoms. The van der Waals surface area contributed by atoms with Gasteiger partial charge in [0, 0.05) is 18.4 Å². The summed E-state index contributed by atoms with van der Waals surface area (Å²) in [4.78, 5) is 11.9. The van der Waals surface area contributed by atoms with E-state index in [2.05, 4.69) is 36.4 Å². The van der Waals surface area contributed by atoms with E-state index in [0.717, 1.165) is 19.3 Å². The third-order valence-electron chi connectivity index (χ3n) is 4.04. The molecule has 2 nitrogen and oxygen atoms in total. The Balaban J connectivity index is 1.86. The molecule has 18 heavy (non-hydrogen) atoms. The van der Waals surface area contributed by atoms with Crippen LogP contribution in [0.25, 0.3) is 0 Å². The average molecular weight is 263 g/mol. The zero-order valence-electron chi connectivity index (χ0n) is 11.9. The lowest BCUT2D eigenvalue weighted by Gasteiger charge is -2.26. The molecule has 1 saturated carbocycles. The van der Waals surface area contributed by atoms with Gasteiger partial charge in [-0.15, -0.1) is 11.5 Å². The predicted octanol–water partition coefficient (Wildman–Crippen LogP) is 2.95. The summed E-state index contributed by atoms with van der Waals surface area (Å²) < 4.78 is 0. The van der Waals surface area contributed by atoms with E-state index in [-0.39, 0.29) is 0 Å². The maximum Gasteiger partial charge on any atom is 0.223 e. The lowest BCUT2D eigenvalue weighted by Crippen LogP contribution is -2.29. The van der Waals surface area contributed by atoms with Gasteiger partial charge in [0.25, 0.3) is 0 Å². The molecule has 1 heterocycles. The lowest BCUT2D eigenvalue weighted by molar-refractivity contribution is -0.123. The van der Waals surface area contributed by atoms with Crippen LogP contribution >= 0.6 is 0 Å². The Hall–Kier alpha value is -0.753. The van der Waals surface area contributed by atoms with E-state index in [1.807, 2.05) is 0 Å². The first-order valence-corrected chi connectivity index (χ1v) is 10.8. The van der Waals surface area contributed by atoms with Gasteiger partial charge in [-0.2, -0.15) is 0 Å². The number of nitrogens with one attached hydrogen (secondary N) is 1. The Morgan fingerprint density at radius 3 is 2.72 bits per heavy atom. The molecule has 3 atom stereocenters. The highest BCUT2D eigenvalue weighted by molar-refractivity contribution is 6.83. The summed E-state index contributed by atoms with van der Waals surface area (Å²) in [6, 6.07) is 0.402. The van der Waals surface area contributed by atoms with Gasteiger partial charge in [-0.3, -0.25) is 4.79 Å². The van der Waals surface area contributed by atoms with Gasteiger partial charge in [0.05, 0.1) is 0 Å². The van der Waals surface area contributed by atoms with Crippen molar-refractivity contribution in [2.75, 3.05) is 0 Å². The first kappa shape index (κ1) is 13.7. The zero-order chi connectivity index (χ0) is 13.2. The second-order valence-corrected chi connectivity index (χ2v) is 11.5. The van der Waals surface area contributed by atoms with Crippen molar-refractivity contribution in [3.8, 4) is 11.5 Å². The van der Waals surface area contributed by atoms with Crippen molar-refractivity contribution >= 4 is 14.0 Å². The maximum atomic E-state index is 11.9. The quantitative estimate of drug-likeness (QED) is 0.602. The molecule has 2 rings (SSSR count). The average Bonchev–Trinajstić information content (AvgIpc) is 2.62. The van der Waals surface area contributed by atoms with Crippen molar-refractivity contribution in [3.05, 3.63) is 0 Å². The SMILES string of the molecule is C[Si](C)(C)C#CCC[C@H]1NC(=O)[C@@H]2CCCC[C@H]12. The number of carbonyl (C=O) groups excluding carboxylic acids is 1. The van der Waals surface area contributed by atoms with E-state index in [0.29, 0.717) is 23.8 Å². The Labute approximate surface area is 112 Å². The smallest absolute Gasteiger partial charge is 0.223 e. The van der Waals surface area contributed by atoms with E-state index >= 15 is 0 Å². The standard InChI is InChI=1S/C15H25NOSi/c1-18(2,3)11-7-6-10-14-12-8-4-5-9-13(12)15(17)16-14/h12-14H,4-6,8-10H2,1-3H3,(H,16,17)/t12-,13+,14+/m0/s1. The van der Waals surface area contributed by atoms with Gasteiger partial charge in [0.1, 0.15) is 8.07 Å². The fraction of sp³-hybridized carbons (Fsp3) is 0.800. The van der Waals surface area contributed by atoms with Gasteiger partial charge >= 0.3 is 0 Å². The normalized spacial score (nSPS) is 31.3. The van der Waals surface area contributed by atoms with Crippen molar-refractivity contribution in [2.24, 2.45) is 11.8 Å². The minimum absolute atomic E-state index is 0.308. The van der Waals surface area contributed by atoms with E-state index in [1.54, 1.807) is 0 Å². The number of carbonyl (C=O) groups is 1. The predicted molar refractivity (Wildman–Crippen MR) is 77.7 cm³/mol. The van der Waals surface area contributed by atoms with Gasteiger partial charge in [-0.25, -0.2) is 0 Å². The van der Waals surface area contributed by atoms with E-state index in [4.69, 9.17) is 0 Å². The summed E-state index contributed by atoms with van der Waals surface area (Å²) in [6.45, 7) is 6.82. The van der Waals surface area contributed by atoms with Crippen molar-refractivity contribution in [2.45, 2.75) is 64.2 Å². The van der Waals surface area contributed by atoms with Gasteiger partial charge in [0.2, 0.25) is 5.91 Å². The molecular formula is C15H25NOSi. The second-order valence-electron chi connectivity index (χ2n) is 6.76. The molecule has 0 radical (unpaired) electrons. The lowest BCUT2D eigenvalue weighted by atomic mass is 9.77. The van der Waals surface area contributed by atoms with Crippen LogP contribution in [0.5, 0.6) is 0 Å². The Morgan fingerprint density at radius 1 is 1.28 bits per heavy atom. The van der Waals surface area contributed by atoms with Gasteiger partial charge in [0.15, 0.2) is 0 Å². The van der Waals surface area contributed by atoms with Crippen LogP contribution in [-0.2, 0) is 4.79 Å². The van der Waals surface area contributed by atoms with Crippen molar-refractivity contribution in [1.82, 2.24) is 5.32 Å². The molecule has 1 amide bonds. The zero-order valence-corrected chi connectivity index (χ0v) is 12.9. The fourth-order valence-corrected chi connectivity index (χ4v) is 3.86. The number of hydrogen-bond donors (Lipinski definition) is 1. The van der Waals surface area contributed by atoms with Crippen molar-refractivity contribution in [1.29, 1.82) is 0 Å². The molecule has 0 aromatic carbocycles. The molecule has 3 heteroatoms. The largest absolute Gasteiger partial charge is 0.353 e. The van der Waals surface area contributed by atoms with Crippen LogP contribution in [0.2, 0.25) is 19.6 Å². The number of hydrogen-bond acceptors (Lipinski definition) is 1. The van der Waals surface area contributed by atoms with Crippen LogP contribution in [-0.4, -0.2) is 20.0 Å². The first-order chi connectivity index (χ1) is 8.47. The molecule has 0 unspecified atom stereocenters. The monoisotopic (exact) mass is 263 g/mol. The van der Waals surface area contributed by atoms with Crippen LogP contribution in [0, 0.1) is 23.3 Å². The highest BCUT2D eigenvalue weighted by Gasteiger charge is 2.42. The highest BCUT2D eigenvalue weighted by Crippen LogP contribution is 2.37. The van der Waals surface area contributed by atoms with Crippen molar-refractivity contribution in [3.63, 3.8) is 0 Å². The topological polar surface area (TPSA) is 29.1 Å². The summed E-state index contributed by atoms with van der Waals surface area (Å²) in [5.74, 6) is 4.54. The number of rotatable bonds is 2. The summed E-state index contributed by atoms with van der Waals surface area (Å²) in [5, 5.41) is 3.20. The number of fused-ring (bicyclic) bond motifs is 1.